The number of rotatable bonds is 24. The summed E-state index contributed by atoms with van der Waals surface area (Å²) in [7, 11) is -4.08. The van der Waals surface area contributed by atoms with Crippen LogP contribution in [0.2, 0.25) is 0 Å². The minimum absolute atomic E-state index is 0. The Morgan fingerprint density at radius 3 is 0.754 bits per heavy atom. The van der Waals surface area contributed by atoms with E-state index in [1.807, 2.05) is 0 Å². The van der Waals surface area contributed by atoms with Crippen LogP contribution in [-0.2, 0) is 34.1 Å². The molecule has 1 amide bonds. The third-order valence-electron chi connectivity index (χ3n) is 7.22. The van der Waals surface area contributed by atoms with Crippen molar-refractivity contribution in [1.29, 1.82) is 0 Å². The third-order valence-corrected chi connectivity index (χ3v) is 8.31. The van der Waals surface area contributed by atoms with Gasteiger partial charge in [0, 0.05) is 0 Å². The quantitative estimate of drug-likeness (QED) is 0.0242. The van der Waals surface area contributed by atoms with E-state index in [4.69, 9.17) is 127 Å². The third kappa shape index (κ3) is 41.2. The van der Waals surface area contributed by atoms with Crippen molar-refractivity contribution in [3.63, 3.8) is 0 Å². The topological polar surface area (TPSA) is 637 Å². The zero-order chi connectivity index (χ0) is 53.1. The number of hydrogen-bond donors (Lipinski definition) is 26. The molecule has 38 heteroatoms. The van der Waals surface area contributed by atoms with Crippen molar-refractivity contribution in [3.05, 3.63) is 12.7 Å². The Kier molecular flexibility index (Phi) is 58.7. The molecule has 0 aromatic heterocycles. The predicted octanol–water partition coefficient (Wildman–Crippen LogP) is -25.6. The molecule has 0 aliphatic heterocycles. The van der Waals surface area contributed by atoms with Gasteiger partial charge in [0.05, 0.1) is 37.7 Å². The molecule has 0 spiro atoms. The molecule has 0 fully saturated rings. The van der Waals surface area contributed by atoms with E-state index in [-0.39, 0.29) is 124 Å². The molecule has 0 bridgehead atoms. The Bertz CT molecular complexity index is 1380. The van der Waals surface area contributed by atoms with Gasteiger partial charge in [0.15, 0.2) is 24.4 Å². The first-order valence-electron chi connectivity index (χ1n) is 17.5. The minimum atomic E-state index is -4.08. The van der Waals surface area contributed by atoms with Crippen LogP contribution in [0.25, 0.3) is 0 Å². The van der Waals surface area contributed by atoms with Gasteiger partial charge < -0.3 is 134 Å². The Labute approximate surface area is 486 Å². The first kappa shape index (κ1) is 88.8. The number of carboxylic acid groups (broad SMARTS) is 4. The summed E-state index contributed by atoms with van der Waals surface area (Å²) in [5.74, 6) is -7.91. The summed E-state index contributed by atoms with van der Waals surface area (Å²) in [6.45, 7) is 2.82. The molecule has 16 atom stereocenters. The second kappa shape index (κ2) is 45.6. The van der Waals surface area contributed by atoms with Crippen molar-refractivity contribution in [2.75, 3.05) is 32.2 Å². The van der Waals surface area contributed by atoms with Crippen LogP contribution in [0.3, 0.4) is 0 Å². The predicted molar refractivity (Wildman–Crippen MR) is 208 cm³/mol. The Morgan fingerprint density at radius 2 is 0.638 bits per heavy atom. The van der Waals surface area contributed by atoms with Gasteiger partial charge in [0.2, 0.25) is 5.91 Å². The van der Waals surface area contributed by atoms with E-state index in [1.54, 1.807) is 0 Å². The molecular weight excluding hydrogens is 1020 g/mol. The van der Waals surface area contributed by atoms with Crippen LogP contribution in [0, 0.1) is 0 Å². The summed E-state index contributed by atoms with van der Waals surface area (Å²) < 4.78 is 29.5. The summed E-state index contributed by atoms with van der Waals surface area (Å²) in [6, 6.07) is 0. The van der Waals surface area contributed by atoms with Gasteiger partial charge in [-0.15, -0.1) is 0 Å². The number of carboxylic acids is 4. The van der Waals surface area contributed by atoms with Crippen LogP contribution in [0.5, 0.6) is 0 Å². The zero-order valence-electron chi connectivity index (χ0n) is 42.0. The van der Waals surface area contributed by atoms with Crippen molar-refractivity contribution < 1.29 is 283 Å². The summed E-state index contributed by atoms with van der Waals surface area (Å²) in [5.41, 5.74) is -1.00. The molecule has 0 aliphatic carbocycles. The van der Waals surface area contributed by atoms with Crippen LogP contribution in [0.1, 0.15) is 19.6 Å². The second-order valence-electron chi connectivity index (χ2n) is 13.4. The monoisotopic (exact) mass is 1090 g/mol. The Balaban J connectivity index is -0.0000000545. The first-order chi connectivity index (χ1) is 29.3. The van der Waals surface area contributed by atoms with E-state index in [2.05, 4.69) is 11.9 Å². The SMILES string of the molecule is C=CC(=O)NC(C)(C)CS(=O)(=O)O.O=C(O)[C@H](O)[C@@H](O)[C@H](O)[C@H](O)CO.O=C(O)[C@H](O)[C@@H](O)[C@H](O)[C@H](O)CO.O=C(O)[C@H](O)[C@@H](O)[C@H](O)[C@H](O)CO.O=C(O)[C@H](O)[C@@H](O)[C@H](O)[C@H](O)CO.[H-].[H-].[H-].[H-].[Na+].[Na+].[Na+].[Na+]. The molecule has 0 saturated carbocycles. The molecule has 0 aromatic carbocycles. The number of aliphatic carboxylic acids is 4. The van der Waals surface area contributed by atoms with Crippen molar-refractivity contribution >= 4 is 39.9 Å². The molecule has 33 nitrogen and oxygen atoms in total. The van der Waals surface area contributed by atoms with Crippen LogP contribution in [-0.4, -0.2) is 301 Å². The average Bonchev–Trinajstić information content (AvgIpc) is 3.23. The maximum atomic E-state index is 10.8. The van der Waals surface area contributed by atoms with E-state index in [0.717, 1.165) is 6.08 Å². The summed E-state index contributed by atoms with van der Waals surface area (Å²) >= 11 is 0. The van der Waals surface area contributed by atoms with Crippen LogP contribution in [0.4, 0.5) is 0 Å². The van der Waals surface area contributed by atoms with E-state index < -0.39 is 175 Å². The normalized spacial score (nSPS) is 17.7. The zero-order valence-corrected chi connectivity index (χ0v) is 46.8. The summed E-state index contributed by atoms with van der Waals surface area (Å²) in [4.78, 5) is 51.2. The maximum absolute atomic E-state index is 10.8. The molecule has 69 heavy (non-hydrogen) atoms. The van der Waals surface area contributed by atoms with Gasteiger partial charge in [0.25, 0.3) is 10.1 Å². The number of carbonyl (C=O) groups excluding carboxylic acids is 1. The minimum Gasteiger partial charge on any atom is -1.00 e. The molecule has 0 aliphatic rings. The van der Waals surface area contributed by atoms with E-state index in [9.17, 15) is 32.4 Å². The van der Waals surface area contributed by atoms with E-state index >= 15 is 0 Å². The van der Waals surface area contributed by atoms with Crippen molar-refractivity contribution in [3.8, 4) is 0 Å². The van der Waals surface area contributed by atoms with Gasteiger partial charge >= 0.3 is 142 Å². The molecule has 0 rings (SSSR count). The fraction of sp³-hybridized carbons (Fsp3) is 0.774. The van der Waals surface area contributed by atoms with Gasteiger partial charge in [-0.25, -0.2) is 19.2 Å². The molecule has 0 unspecified atom stereocenters. The smallest absolute Gasteiger partial charge is 1.00 e. The summed E-state index contributed by atoms with van der Waals surface area (Å²) in [5, 5.41) is 210. The molecule has 26 N–H and O–H groups in total. The van der Waals surface area contributed by atoms with E-state index in [0.29, 0.717) is 0 Å². The van der Waals surface area contributed by atoms with Crippen LogP contribution in [0.15, 0.2) is 12.7 Å². The van der Waals surface area contributed by atoms with Gasteiger partial charge in [-0.1, -0.05) is 6.58 Å². The molecule has 396 valence electrons. The van der Waals surface area contributed by atoms with Crippen molar-refractivity contribution in [2.45, 2.75) is 117 Å². The molecule has 0 saturated heterocycles. The van der Waals surface area contributed by atoms with Crippen LogP contribution < -0.4 is 124 Å². The van der Waals surface area contributed by atoms with Crippen molar-refractivity contribution in [2.24, 2.45) is 0 Å². The largest absolute Gasteiger partial charge is 1.00 e. The van der Waals surface area contributed by atoms with Gasteiger partial charge in [-0.3, -0.25) is 9.35 Å². The number of carbonyl (C=O) groups is 5. The van der Waals surface area contributed by atoms with Crippen molar-refractivity contribution in [1.82, 2.24) is 5.32 Å². The van der Waals surface area contributed by atoms with Gasteiger partial charge in [-0.05, 0) is 19.9 Å². The van der Waals surface area contributed by atoms with Gasteiger partial charge in [0.1, 0.15) is 73.2 Å². The standard InChI is InChI=1S/C7H13NO4S.4C6H12O7.4Na.4H/c1-4-6(9)8-7(2,3)5-13(10,11)12;4*7-1-2(8)3(9)4(10)5(11)6(12)13;;;;;;;;/h4H,1,5H2,2-3H3,(H,8,9)(H,10,11,12);4*2-5,7-11H,1H2,(H,12,13);;;;;;;;/q;;;;;4*+1;4*-1/t;4*2-,3-,4+,5-;;;;;;;;/m.1111......../s1. The fourth-order valence-corrected chi connectivity index (χ4v) is 4.53. The number of hydrogen-bond acceptors (Lipinski definition) is 27. The first-order valence-corrected chi connectivity index (χ1v) is 19.1. The second-order valence-corrected chi connectivity index (χ2v) is 14.8. The fourth-order valence-electron chi connectivity index (χ4n) is 3.55. The number of aliphatic hydroxyl groups excluding tert-OH is 20. The summed E-state index contributed by atoms with van der Waals surface area (Å²) in [6.07, 6.45) is -30.3. The Morgan fingerprint density at radius 1 is 0.464 bits per heavy atom. The molecule has 0 aromatic rings. The maximum Gasteiger partial charge on any atom is 1.00 e. The molecule has 0 radical (unpaired) electrons. The number of amides is 1. The molecule has 0 heterocycles. The Hall–Kier alpha value is 0.200. The average molecular weight is 1090 g/mol. The van der Waals surface area contributed by atoms with Gasteiger partial charge in [-0.2, -0.15) is 8.42 Å². The van der Waals surface area contributed by atoms with E-state index in [1.165, 1.54) is 13.8 Å². The number of nitrogens with one attached hydrogen (secondary N) is 1. The molecular formula is C31H65NNa4O32S. The van der Waals surface area contributed by atoms with Crippen LogP contribution >= 0.6 is 0 Å². The number of aliphatic hydroxyl groups is 20.